The average molecular weight is 292 g/mol. The molecule has 0 unspecified atom stereocenters. The Morgan fingerprint density at radius 1 is 0.824 bits per heavy atom. The predicted molar refractivity (Wildman–Crippen MR) is 49.6 cm³/mol. The van der Waals surface area contributed by atoms with Gasteiger partial charge in [-0.25, -0.2) is 0 Å². The zero-order valence-corrected chi connectivity index (χ0v) is 9.73. The van der Waals surface area contributed by atoms with Crippen molar-refractivity contribution in [1.82, 2.24) is 0 Å². The molecule has 0 aliphatic heterocycles. The van der Waals surface area contributed by atoms with E-state index < -0.39 is 50.5 Å². The van der Waals surface area contributed by atoms with Crippen LogP contribution in [-0.4, -0.2) is 49.8 Å². The van der Waals surface area contributed by atoms with Crippen molar-refractivity contribution in [3.63, 3.8) is 0 Å². The summed E-state index contributed by atoms with van der Waals surface area (Å²) >= 11 is 0. The van der Waals surface area contributed by atoms with Crippen molar-refractivity contribution in [2.24, 2.45) is 0 Å². The number of hydrogen-bond acceptors (Lipinski definition) is 8. The number of carbonyl (C=O) groups is 2. The summed E-state index contributed by atoms with van der Waals surface area (Å²) in [6.07, 6.45) is -1.06. The molecule has 0 fully saturated rings. The van der Waals surface area contributed by atoms with Crippen LogP contribution in [-0.2, 0) is 39.3 Å². The molecule has 0 aromatic heterocycles. The fourth-order valence-corrected chi connectivity index (χ4v) is 1.06. The summed E-state index contributed by atoms with van der Waals surface area (Å²) in [5.41, 5.74) is 0. The highest BCUT2D eigenvalue weighted by molar-refractivity contribution is 7.85. The van der Waals surface area contributed by atoms with Gasteiger partial charge in [-0.15, -0.1) is 0 Å². The Kier molecular flexibility index (Phi) is 5.47. The van der Waals surface area contributed by atoms with E-state index in [1.165, 1.54) is 0 Å². The largest absolute Gasteiger partial charge is 0.446 e. The third-order valence-electron chi connectivity index (χ3n) is 1.03. The summed E-state index contributed by atoms with van der Waals surface area (Å²) in [7, 11) is -9.04. The Morgan fingerprint density at radius 2 is 1.12 bits per heavy atom. The molecule has 0 saturated heterocycles. The van der Waals surface area contributed by atoms with Crippen LogP contribution in [0.3, 0.4) is 0 Å². The van der Waals surface area contributed by atoms with Gasteiger partial charge in [-0.3, -0.25) is 18.7 Å². The van der Waals surface area contributed by atoms with E-state index >= 15 is 0 Å². The predicted octanol–water partition coefficient (Wildman–Crippen LogP) is -1.85. The molecule has 0 bridgehead atoms. The third kappa shape index (κ3) is 11.0. The van der Waals surface area contributed by atoms with Crippen molar-refractivity contribution < 1.29 is 45.0 Å². The maximum absolute atomic E-state index is 10.7. The van der Waals surface area contributed by atoms with E-state index in [9.17, 15) is 26.4 Å². The molecule has 17 heavy (non-hydrogen) atoms. The molecule has 0 saturated carbocycles. The standard InChI is InChI=1S/C5H8O10S2/c6-4(14-2-16(8,9)10)1-5(7)15-3-17(11,12)13/h1-3H2,(H,8,9,10)(H,11,12,13). The molecule has 0 aliphatic carbocycles. The van der Waals surface area contributed by atoms with Crippen LogP contribution in [0.25, 0.3) is 0 Å². The van der Waals surface area contributed by atoms with Gasteiger partial charge in [0.1, 0.15) is 6.42 Å². The van der Waals surface area contributed by atoms with E-state index in [2.05, 4.69) is 9.47 Å². The second kappa shape index (κ2) is 5.90. The van der Waals surface area contributed by atoms with Crippen LogP contribution in [0, 0.1) is 0 Å². The summed E-state index contributed by atoms with van der Waals surface area (Å²) in [6.45, 7) is 0. The molecule has 0 heterocycles. The maximum atomic E-state index is 10.7. The monoisotopic (exact) mass is 292 g/mol. The van der Waals surface area contributed by atoms with Crippen LogP contribution in [0.4, 0.5) is 0 Å². The van der Waals surface area contributed by atoms with Crippen LogP contribution in [0.5, 0.6) is 0 Å². The highest BCUT2D eigenvalue weighted by Gasteiger charge is 2.17. The van der Waals surface area contributed by atoms with Crippen molar-refractivity contribution in [3.8, 4) is 0 Å². The molecule has 0 radical (unpaired) electrons. The summed E-state index contributed by atoms with van der Waals surface area (Å²) in [6, 6.07) is 0. The minimum atomic E-state index is -4.52. The highest BCUT2D eigenvalue weighted by Crippen LogP contribution is 1.95. The SMILES string of the molecule is O=C(CC(=O)OCS(=O)(=O)O)OCS(=O)(=O)O. The van der Waals surface area contributed by atoms with E-state index in [1.54, 1.807) is 0 Å². The Bertz CT molecular complexity index is 439. The molecule has 100 valence electrons. The molecular formula is C5H8O10S2. The summed E-state index contributed by atoms with van der Waals surface area (Å²) < 4.78 is 64.7. The first-order valence-electron chi connectivity index (χ1n) is 3.71. The van der Waals surface area contributed by atoms with Gasteiger partial charge in [0.2, 0.25) is 11.9 Å². The Morgan fingerprint density at radius 3 is 1.35 bits per heavy atom. The Balaban J connectivity index is 4.02. The Hall–Kier alpha value is -1.24. The van der Waals surface area contributed by atoms with Crippen LogP contribution in [0.1, 0.15) is 6.42 Å². The zero-order chi connectivity index (χ0) is 13.7. The Labute approximate surface area is 96.0 Å². The van der Waals surface area contributed by atoms with Gasteiger partial charge in [-0.05, 0) is 0 Å². The van der Waals surface area contributed by atoms with E-state index in [0.717, 1.165) is 0 Å². The van der Waals surface area contributed by atoms with Gasteiger partial charge in [-0.2, -0.15) is 16.8 Å². The number of hydrogen-bond donors (Lipinski definition) is 2. The minimum absolute atomic E-state index is 1.06. The molecule has 10 nitrogen and oxygen atoms in total. The lowest BCUT2D eigenvalue weighted by atomic mass is 10.4. The smallest absolute Gasteiger partial charge is 0.318 e. The van der Waals surface area contributed by atoms with Crippen LogP contribution in [0.2, 0.25) is 0 Å². The topological polar surface area (TPSA) is 161 Å². The highest BCUT2D eigenvalue weighted by atomic mass is 32.2. The minimum Gasteiger partial charge on any atom is -0.446 e. The summed E-state index contributed by atoms with van der Waals surface area (Å²) in [4.78, 5) is 21.4. The van der Waals surface area contributed by atoms with Gasteiger partial charge < -0.3 is 9.47 Å². The number of ether oxygens (including phenoxy) is 2. The van der Waals surface area contributed by atoms with Crippen molar-refractivity contribution in [3.05, 3.63) is 0 Å². The molecule has 0 aliphatic rings. The first-order chi connectivity index (χ1) is 7.49. The molecule has 0 amide bonds. The molecule has 2 N–H and O–H groups in total. The quantitative estimate of drug-likeness (QED) is 0.323. The molecular weight excluding hydrogens is 284 g/mol. The fraction of sp³-hybridized carbons (Fsp3) is 0.600. The number of carbonyl (C=O) groups excluding carboxylic acids is 2. The molecule has 0 aromatic carbocycles. The van der Waals surface area contributed by atoms with Crippen LogP contribution >= 0.6 is 0 Å². The lowest BCUT2D eigenvalue weighted by molar-refractivity contribution is -0.152. The van der Waals surface area contributed by atoms with Crippen LogP contribution in [0.15, 0.2) is 0 Å². The van der Waals surface area contributed by atoms with E-state index in [-0.39, 0.29) is 0 Å². The van der Waals surface area contributed by atoms with Crippen molar-refractivity contribution in [2.45, 2.75) is 6.42 Å². The van der Waals surface area contributed by atoms with Gasteiger partial charge in [0.05, 0.1) is 0 Å². The third-order valence-corrected chi connectivity index (χ3v) is 1.86. The van der Waals surface area contributed by atoms with Gasteiger partial charge in [0.25, 0.3) is 0 Å². The molecule has 0 atom stereocenters. The maximum Gasteiger partial charge on any atom is 0.318 e. The van der Waals surface area contributed by atoms with Crippen molar-refractivity contribution in [1.29, 1.82) is 0 Å². The zero-order valence-electron chi connectivity index (χ0n) is 8.10. The summed E-state index contributed by atoms with van der Waals surface area (Å²) in [5, 5.41) is 0. The second-order valence-electron chi connectivity index (χ2n) is 2.61. The van der Waals surface area contributed by atoms with E-state index in [4.69, 9.17) is 9.11 Å². The van der Waals surface area contributed by atoms with E-state index in [0.29, 0.717) is 0 Å². The molecule has 0 aromatic rings. The summed E-state index contributed by atoms with van der Waals surface area (Å²) in [5.74, 6) is -5.36. The normalized spacial score (nSPS) is 11.9. The van der Waals surface area contributed by atoms with Gasteiger partial charge in [0, 0.05) is 0 Å². The van der Waals surface area contributed by atoms with Crippen LogP contribution < -0.4 is 0 Å². The van der Waals surface area contributed by atoms with Gasteiger partial charge in [0.15, 0.2) is 0 Å². The molecule has 0 rings (SSSR count). The van der Waals surface area contributed by atoms with Gasteiger partial charge >= 0.3 is 32.2 Å². The van der Waals surface area contributed by atoms with Gasteiger partial charge in [-0.1, -0.05) is 0 Å². The fourth-order valence-electron chi connectivity index (χ4n) is 0.500. The van der Waals surface area contributed by atoms with Crippen molar-refractivity contribution >= 4 is 32.2 Å². The molecule has 0 spiro atoms. The lowest BCUT2D eigenvalue weighted by Crippen LogP contribution is -2.19. The lowest BCUT2D eigenvalue weighted by Gasteiger charge is -2.03. The first-order valence-corrected chi connectivity index (χ1v) is 6.93. The average Bonchev–Trinajstić information content (AvgIpc) is 2.09. The van der Waals surface area contributed by atoms with Crippen molar-refractivity contribution in [2.75, 3.05) is 11.9 Å². The first kappa shape index (κ1) is 15.8. The number of rotatable bonds is 6. The number of esters is 2. The molecule has 12 heteroatoms. The van der Waals surface area contributed by atoms with E-state index in [1.807, 2.05) is 0 Å². The second-order valence-corrected chi connectivity index (χ2v) is 5.41.